The van der Waals surface area contributed by atoms with Gasteiger partial charge in [0.1, 0.15) is 5.82 Å². The quantitative estimate of drug-likeness (QED) is 0.851. The number of hydrogen-bond donors (Lipinski definition) is 2. The van der Waals surface area contributed by atoms with Crippen molar-refractivity contribution < 1.29 is 13.5 Å². The fourth-order valence-electron chi connectivity index (χ4n) is 1.89. The first-order chi connectivity index (χ1) is 8.70. The molecule has 1 aromatic carbocycles. The number of benzene rings is 1. The highest BCUT2D eigenvalue weighted by Gasteiger charge is 2.12. The van der Waals surface area contributed by atoms with Gasteiger partial charge in [-0.05, 0) is 0 Å². The molecule has 1 saturated heterocycles. The van der Waals surface area contributed by atoms with Crippen LogP contribution < -0.4 is 15.4 Å². The second-order valence-electron chi connectivity index (χ2n) is 4.17. The molecule has 100 valence electrons. The number of rotatable bonds is 4. The average molecular weight is 257 g/mol. The lowest BCUT2D eigenvalue weighted by Gasteiger charge is -2.27. The molecule has 6 heteroatoms. The summed E-state index contributed by atoms with van der Waals surface area (Å²) in [6.45, 7) is 4.13. The predicted molar refractivity (Wildman–Crippen MR) is 65.8 cm³/mol. The summed E-state index contributed by atoms with van der Waals surface area (Å²) in [5.41, 5.74) is 0.159. The smallest absolute Gasteiger partial charge is 0.167 e. The predicted octanol–water partition coefficient (Wildman–Crippen LogP) is 1.25. The summed E-state index contributed by atoms with van der Waals surface area (Å²) in [5.74, 6) is -1.16. The number of piperazine rings is 1. The third kappa shape index (κ3) is 3.08. The van der Waals surface area contributed by atoms with Crippen molar-refractivity contribution >= 4 is 5.69 Å². The van der Waals surface area contributed by atoms with E-state index in [2.05, 4.69) is 15.5 Å². The molecule has 0 atom stereocenters. The number of nitrogens with one attached hydrogen (secondary N) is 2. The highest BCUT2D eigenvalue weighted by molar-refractivity contribution is 5.48. The maximum Gasteiger partial charge on any atom is 0.167 e. The molecule has 4 nitrogen and oxygen atoms in total. The number of hydrogen-bond acceptors (Lipinski definition) is 4. The molecule has 18 heavy (non-hydrogen) atoms. The van der Waals surface area contributed by atoms with Gasteiger partial charge in [0.2, 0.25) is 0 Å². The topological polar surface area (TPSA) is 36.5 Å². The molecule has 0 spiro atoms. The minimum Gasteiger partial charge on any atom is -0.494 e. The van der Waals surface area contributed by atoms with Gasteiger partial charge in [-0.1, -0.05) is 0 Å². The summed E-state index contributed by atoms with van der Waals surface area (Å²) < 4.78 is 31.8. The Bertz CT molecular complexity index is 409. The van der Waals surface area contributed by atoms with E-state index in [1.54, 1.807) is 0 Å². The van der Waals surface area contributed by atoms with Crippen molar-refractivity contribution in [3.8, 4) is 5.75 Å². The molecule has 0 saturated carbocycles. The average Bonchev–Trinajstić information content (AvgIpc) is 2.40. The Morgan fingerprint density at radius 1 is 1.28 bits per heavy atom. The molecule has 0 radical (unpaired) electrons. The van der Waals surface area contributed by atoms with Crippen LogP contribution in [0.4, 0.5) is 14.5 Å². The summed E-state index contributed by atoms with van der Waals surface area (Å²) >= 11 is 0. The van der Waals surface area contributed by atoms with E-state index in [0.29, 0.717) is 6.67 Å². The zero-order chi connectivity index (χ0) is 13.0. The van der Waals surface area contributed by atoms with Crippen LogP contribution in [0.2, 0.25) is 0 Å². The molecule has 0 aromatic heterocycles. The van der Waals surface area contributed by atoms with Crippen LogP contribution in [0.3, 0.4) is 0 Å². The van der Waals surface area contributed by atoms with Gasteiger partial charge in [-0.25, -0.2) is 8.78 Å². The Hall–Kier alpha value is -1.40. The van der Waals surface area contributed by atoms with Gasteiger partial charge in [-0.15, -0.1) is 0 Å². The molecule has 1 heterocycles. The van der Waals surface area contributed by atoms with Crippen LogP contribution in [0, 0.1) is 11.6 Å². The normalized spacial score (nSPS) is 16.6. The fourth-order valence-corrected chi connectivity index (χ4v) is 1.89. The van der Waals surface area contributed by atoms with Crippen molar-refractivity contribution in [1.29, 1.82) is 0 Å². The first-order valence-corrected chi connectivity index (χ1v) is 5.90. The van der Waals surface area contributed by atoms with Crippen LogP contribution in [-0.4, -0.2) is 44.9 Å². The zero-order valence-corrected chi connectivity index (χ0v) is 10.3. The van der Waals surface area contributed by atoms with Gasteiger partial charge in [-0.2, -0.15) is 0 Å². The van der Waals surface area contributed by atoms with Crippen molar-refractivity contribution in [3.05, 3.63) is 23.8 Å². The summed E-state index contributed by atoms with van der Waals surface area (Å²) in [6, 6.07) is 2.17. The van der Waals surface area contributed by atoms with Gasteiger partial charge in [0.15, 0.2) is 11.6 Å². The van der Waals surface area contributed by atoms with Crippen LogP contribution in [0.5, 0.6) is 5.75 Å². The molecule has 1 aliphatic heterocycles. The van der Waals surface area contributed by atoms with Crippen molar-refractivity contribution in [3.63, 3.8) is 0 Å². The molecule has 1 aromatic rings. The van der Waals surface area contributed by atoms with E-state index in [1.807, 2.05) is 0 Å². The van der Waals surface area contributed by atoms with Crippen LogP contribution in [0.15, 0.2) is 12.1 Å². The number of nitrogens with zero attached hydrogens (tertiary/aromatic N) is 1. The van der Waals surface area contributed by atoms with E-state index in [4.69, 9.17) is 4.74 Å². The van der Waals surface area contributed by atoms with Gasteiger partial charge in [0.05, 0.1) is 19.5 Å². The van der Waals surface area contributed by atoms with E-state index in [-0.39, 0.29) is 11.4 Å². The Morgan fingerprint density at radius 3 is 2.67 bits per heavy atom. The molecular formula is C12H17F2N3O. The molecule has 0 amide bonds. The molecule has 0 aliphatic carbocycles. The Labute approximate surface area is 105 Å². The largest absolute Gasteiger partial charge is 0.494 e. The standard InChI is InChI=1S/C12H17F2N3O/c1-18-12-7-9(13)11(6-10(12)14)16-8-17-4-2-15-3-5-17/h6-7,15-16H,2-5,8H2,1H3. The highest BCUT2D eigenvalue weighted by atomic mass is 19.1. The number of anilines is 1. The maximum atomic E-state index is 13.6. The first-order valence-electron chi connectivity index (χ1n) is 5.90. The third-order valence-electron chi connectivity index (χ3n) is 2.94. The highest BCUT2D eigenvalue weighted by Crippen LogP contribution is 2.24. The van der Waals surface area contributed by atoms with Gasteiger partial charge in [0.25, 0.3) is 0 Å². The monoisotopic (exact) mass is 257 g/mol. The summed E-state index contributed by atoms with van der Waals surface area (Å²) in [4.78, 5) is 2.14. The Balaban J connectivity index is 1.98. The van der Waals surface area contributed by atoms with Crippen LogP contribution in [-0.2, 0) is 0 Å². The van der Waals surface area contributed by atoms with Gasteiger partial charge < -0.3 is 15.4 Å². The lowest BCUT2D eigenvalue weighted by molar-refractivity contribution is 0.256. The van der Waals surface area contributed by atoms with Gasteiger partial charge >= 0.3 is 0 Å². The summed E-state index contributed by atoms with van der Waals surface area (Å²) in [7, 11) is 1.31. The van der Waals surface area contributed by atoms with Crippen molar-refractivity contribution in [1.82, 2.24) is 10.2 Å². The van der Waals surface area contributed by atoms with Gasteiger partial charge in [-0.3, -0.25) is 4.90 Å². The van der Waals surface area contributed by atoms with Crippen LogP contribution in [0.1, 0.15) is 0 Å². The molecular weight excluding hydrogens is 240 g/mol. The minimum absolute atomic E-state index is 0.0831. The number of halogens is 2. The second kappa shape index (κ2) is 5.97. The lowest BCUT2D eigenvalue weighted by Crippen LogP contribution is -2.45. The SMILES string of the molecule is COc1cc(F)c(NCN2CCNCC2)cc1F. The van der Waals surface area contributed by atoms with E-state index >= 15 is 0 Å². The summed E-state index contributed by atoms with van der Waals surface area (Å²) in [5, 5.41) is 6.13. The third-order valence-corrected chi connectivity index (χ3v) is 2.94. The first kappa shape index (κ1) is 13.0. The lowest BCUT2D eigenvalue weighted by atomic mass is 10.2. The molecule has 0 bridgehead atoms. The van der Waals surface area contributed by atoms with E-state index in [1.165, 1.54) is 7.11 Å². The summed E-state index contributed by atoms with van der Waals surface area (Å²) in [6.07, 6.45) is 0. The van der Waals surface area contributed by atoms with E-state index in [0.717, 1.165) is 38.3 Å². The zero-order valence-electron chi connectivity index (χ0n) is 10.3. The van der Waals surface area contributed by atoms with Crippen LogP contribution >= 0.6 is 0 Å². The van der Waals surface area contributed by atoms with Gasteiger partial charge in [0, 0.05) is 38.3 Å². The fraction of sp³-hybridized carbons (Fsp3) is 0.500. The van der Waals surface area contributed by atoms with Crippen molar-refractivity contribution in [2.24, 2.45) is 0 Å². The number of methoxy groups -OCH3 is 1. The second-order valence-corrected chi connectivity index (χ2v) is 4.17. The Kier molecular flexibility index (Phi) is 4.33. The Morgan fingerprint density at radius 2 is 2.00 bits per heavy atom. The van der Waals surface area contributed by atoms with Crippen molar-refractivity contribution in [2.45, 2.75) is 0 Å². The number of ether oxygens (including phenoxy) is 1. The molecule has 1 aliphatic rings. The molecule has 2 N–H and O–H groups in total. The maximum absolute atomic E-state index is 13.6. The van der Waals surface area contributed by atoms with E-state index < -0.39 is 11.6 Å². The van der Waals surface area contributed by atoms with Crippen molar-refractivity contribution in [2.75, 3.05) is 45.3 Å². The molecule has 0 unspecified atom stereocenters. The molecule has 2 rings (SSSR count). The van der Waals surface area contributed by atoms with Crippen LogP contribution in [0.25, 0.3) is 0 Å². The molecule has 1 fully saturated rings. The van der Waals surface area contributed by atoms with E-state index in [9.17, 15) is 8.78 Å². The minimum atomic E-state index is -0.568.